The first kappa shape index (κ1) is 8.98. The zero-order valence-corrected chi connectivity index (χ0v) is 6.31. The van der Waals surface area contributed by atoms with Crippen LogP contribution < -0.4 is 5.73 Å². The molecule has 3 heteroatoms. The highest BCUT2D eigenvalue weighted by atomic mass is 32.1. The van der Waals surface area contributed by atoms with Crippen LogP contribution in [0.15, 0.2) is 0 Å². The topological polar surface area (TPSA) is 43.1 Å². The number of carbonyl (C=O) groups excluding carboxylic acids is 1. The molecule has 0 heterocycles. The zero-order chi connectivity index (χ0) is 7.11. The molecule has 0 aliphatic rings. The van der Waals surface area contributed by atoms with Crippen LogP contribution in [-0.2, 0) is 4.79 Å². The molecule has 54 valence electrons. The van der Waals surface area contributed by atoms with Gasteiger partial charge in [0.15, 0.2) is 0 Å². The van der Waals surface area contributed by atoms with Crippen LogP contribution in [0, 0.1) is 0 Å². The minimum atomic E-state index is -0.259. The molecule has 0 aromatic carbocycles. The summed E-state index contributed by atoms with van der Waals surface area (Å²) in [5, 5.41) is 0. The lowest BCUT2D eigenvalue weighted by atomic mass is 10.1. The van der Waals surface area contributed by atoms with Crippen molar-refractivity contribution in [3.63, 3.8) is 0 Å². The predicted octanol–water partition coefficient (Wildman–Crippen LogP) is 0.613. The van der Waals surface area contributed by atoms with E-state index in [1.54, 1.807) is 0 Å². The Labute approximate surface area is 61.2 Å². The smallest absolute Gasteiger partial charge is 0.136 e. The molecule has 1 atom stereocenters. The van der Waals surface area contributed by atoms with E-state index in [-0.39, 0.29) is 6.04 Å². The van der Waals surface area contributed by atoms with Gasteiger partial charge in [0.25, 0.3) is 0 Å². The van der Waals surface area contributed by atoms with Crippen LogP contribution in [0.5, 0.6) is 0 Å². The standard InChI is InChI=1S/C6H13NOS/c7-6(5-8)3-1-2-4-9/h5-6,9H,1-4,7H2. The summed E-state index contributed by atoms with van der Waals surface area (Å²) in [5.74, 6) is 0.881. The van der Waals surface area contributed by atoms with E-state index >= 15 is 0 Å². The molecule has 1 unspecified atom stereocenters. The minimum Gasteiger partial charge on any atom is -0.322 e. The van der Waals surface area contributed by atoms with E-state index in [2.05, 4.69) is 12.6 Å². The minimum absolute atomic E-state index is 0.259. The second-order valence-corrected chi connectivity index (χ2v) is 2.47. The van der Waals surface area contributed by atoms with Crippen LogP contribution in [0.25, 0.3) is 0 Å². The maximum Gasteiger partial charge on any atom is 0.136 e. The van der Waals surface area contributed by atoms with Crippen molar-refractivity contribution in [3.05, 3.63) is 0 Å². The number of rotatable bonds is 5. The van der Waals surface area contributed by atoms with Crippen LogP contribution in [-0.4, -0.2) is 18.1 Å². The Balaban J connectivity index is 2.96. The highest BCUT2D eigenvalue weighted by Crippen LogP contribution is 1.97. The number of nitrogens with two attached hydrogens (primary N) is 1. The number of hydrogen-bond acceptors (Lipinski definition) is 3. The fourth-order valence-corrected chi connectivity index (χ4v) is 0.783. The average molecular weight is 147 g/mol. The third kappa shape index (κ3) is 5.86. The Hall–Kier alpha value is -0.0200. The number of hydrogen-bond donors (Lipinski definition) is 2. The Kier molecular flexibility index (Phi) is 6.09. The van der Waals surface area contributed by atoms with Gasteiger partial charge in [0.2, 0.25) is 0 Å². The molecule has 0 aliphatic carbocycles. The lowest BCUT2D eigenvalue weighted by molar-refractivity contribution is -0.109. The first-order valence-electron chi connectivity index (χ1n) is 3.13. The lowest BCUT2D eigenvalue weighted by Crippen LogP contribution is -2.20. The molecule has 0 rings (SSSR count). The first-order chi connectivity index (χ1) is 4.31. The summed E-state index contributed by atoms with van der Waals surface area (Å²) < 4.78 is 0. The van der Waals surface area contributed by atoms with Gasteiger partial charge in [0, 0.05) is 0 Å². The van der Waals surface area contributed by atoms with Gasteiger partial charge in [-0.15, -0.1) is 0 Å². The van der Waals surface area contributed by atoms with Crippen molar-refractivity contribution in [3.8, 4) is 0 Å². The average Bonchev–Trinajstić information content (AvgIpc) is 1.89. The van der Waals surface area contributed by atoms with Gasteiger partial charge < -0.3 is 10.5 Å². The van der Waals surface area contributed by atoms with E-state index in [9.17, 15) is 4.79 Å². The normalized spacial score (nSPS) is 13.1. The Bertz CT molecular complexity index is 77.5. The first-order valence-corrected chi connectivity index (χ1v) is 3.76. The van der Waals surface area contributed by atoms with Crippen LogP contribution in [0.3, 0.4) is 0 Å². The van der Waals surface area contributed by atoms with E-state index in [4.69, 9.17) is 5.73 Å². The molecule has 9 heavy (non-hydrogen) atoms. The SMILES string of the molecule is NC(C=O)CCCCS. The molecule has 0 amide bonds. The zero-order valence-electron chi connectivity index (χ0n) is 5.42. The van der Waals surface area contributed by atoms with Crippen molar-refractivity contribution in [2.24, 2.45) is 5.73 Å². The van der Waals surface area contributed by atoms with Gasteiger partial charge in [-0.1, -0.05) is 6.42 Å². The largest absolute Gasteiger partial charge is 0.322 e. The quantitative estimate of drug-likeness (QED) is 0.340. The third-order valence-corrected chi connectivity index (χ3v) is 1.44. The lowest BCUT2D eigenvalue weighted by Gasteiger charge is -1.99. The van der Waals surface area contributed by atoms with Crippen molar-refractivity contribution < 1.29 is 4.79 Å². The molecule has 0 spiro atoms. The summed E-state index contributed by atoms with van der Waals surface area (Å²) >= 11 is 4.02. The monoisotopic (exact) mass is 147 g/mol. The van der Waals surface area contributed by atoms with E-state index < -0.39 is 0 Å². The van der Waals surface area contributed by atoms with Crippen LogP contribution >= 0.6 is 12.6 Å². The Morgan fingerprint density at radius 1 is 1.56 bits per heavy atom. The van der Waals surface area contributed by atoms with Crippen molar-refractivity contribution in [1.82, 2.24) is 0 Å². The van der Waals surface area contributed by atoms with Crippen molar-refractivity contribution in [2.45, 2.75) is 25.3 Å². The summed E-state index contributed by atoms with van der Waals surface area (Å²) in [5.41, 5.74) is 5.32. The molecular formula is C6H13NOS. The van der Waals surface area contributed by atoms with Gasteiger partial charge in [-0.25, -0.2) is 0 Å². The molecular weight excluding hydrogens is 134 g/mol. The number of aldehydes is 1. The fraction of sp³-hybridized carbons (Fsp3) is 0.833. The molecule has 0 saturated carbocycles. The Morgan fingerprint density at radius 2 is 2.22 bits per heavy atom. The molecule has 0 fully saturated rings. The summed E-state index contributed by atoms with van der Waals surface area (Å²) in [7, 11) is 0. The molecule has 0 aromatic heterocycles. The number of thiol groups is 1. The molecule has 0 aliphatic heterocycles. The number of carbonyl (C=O) groups is 1. The van der Waals surface area contributed by atoms with Gasteiger partial charge in [-0.3, -0.25) is 0 Å². The molecule has 2 N–H and O–H groups in total. The number of unbranched alkanes of at least 4 members (excludes halogenated alkanes) is 1. The van der Waals surface area contributed by atoms with Gasteiger partial charge >= 0.3 is 0 Å². The maximum absolute atomic E-state index is 9.95. The third-order valence-electron chi connectivity index (χ3n) is 1.12. The molecule has 0 bridgehead atoms. The fourth-order valence-electron chi connectivity index (χ4n) is 0.560. The van der Waals surface area contributed by atoms with E-state index in [1.165, 1.54) is 0 Å². The second kappa shape index (κ2) is 6.11. The summed E-state index contributed by atoms with van der Waals surface area (Å²) in [4.78, 5) is 9.95. The van der Waals surface area contributed by atoms with Crippen LogP contribution in [0.1, 0.15) is 19.3 Å². The van der Waals surface area contributed by atoms with E-state index in [1.807, 2.05) is 0 Å². The summed E-state index contributed by atoms with van der Waals surface area (Å²) in [6.07, 6.45) is 3.64. The van der Waals surface area contributed by atoms with Crippen molar-refractivity contribution >= 4 is 18.9 Å². The highest BCUT2D eigenvalue weighted by Gasteiger charge is 1.96. The summed E-state index contributed by atoms with van der Waals surface area (Å²) in [6.45, 7) is 0. The molecule has 0 aromatic rings. The van der Waals surface area contributed by atoms with Crippen molar-refractivity contribution in [1.29, 1.82) is 0 Å². The van der Waals surface area contributed by atoms with Gasteiger partial charge in [-0.05, 0) is 18.6 Å². The van der Waals surface area contributed by atoms with Gasteiger partial charge in [0.05, 0.1) is 6.04 Å². The van der Waals surface area contributed by atoms with Gasteiger partial charge in [0.1, 0.15) is 6.29 Å². The van der Waals surface area contributed by atoms with Crippen LogP contribution in [0.2, 0.25) is 0 Å². The predicted molar refractivity (Wildman–Crippen MR) is 41.7 cm³/mol. The van der Waals surface area contributed by atoms with Crippen molar-refractivity contribution in [2.75, 3.05) is 5.75 Å². The molecule has 0 radical (unpaired) electrons. The molecule has 2 nitrogen and oxygen atoms in total. The maximum atomic E-state index is 9.95. The van der Waals surface area contributed by atoms with E-state index in [0.717, 1.165) is 31.3 Å². The second-order valence-electron chi connectivity index (χ2n) is 2.02. The highest BCUT2D eigenvalue weighted by molar-refractivity contribution is 7.80. The molecule has 0 saturated heterocycles. The van der Waals surface area contributed by atoms with E-state index in [0.29, 0.717) is 0 Å². The Morgan fingerprint density at radius 3 is 2.67 bits per heavy atom. The van der Waals surface area contributed by atoms with Crippen LogP contribution in [0.4, 0.5) is 0 Å². The van der Waals surface area contributed by atoms with Gasteiger partial charge in [-0.2, -0.15) is 12.6 Å². The summed E-state index contributed by atoms with van der Waals surface area (Å²) in [6, 6.07) is -0.259.